The van der Waals surface area contributed by atoms with Crippen molar-refractivity contribution in [1.29, 1.82) is 0 Å². The van der Waals surface area contributed by atoms with E-state index in [0.717, 1.165) is 0 Å². The molecule has 0 heterocycles. The van der Waals surface area contributed by atoms with Gasteiger partial charge in [0.25, 0.3) is 0 Å². The zero-order valence-corrected chi connectivity index (χ0v) is 16.8. The van der Waals surface area contributed by atoms with Crippen LogP contribution in [0.1, 0.15) is 13.8 Å². The molecule has 1 rings (SSSR count). The number of hydrogen-bond donors (Lipinski definition) is 3. The van der Waals surface area contributed by atoms with Crippen LogP contribution in [-0.2, 0) is 24.3 Å². The summed E-state index contributed by atoms with van der Waals surface area (Å²) in [6.07, 6.45) is -4.93. The number of alkyl halides is 3. The van der Waals surface area contributed by atoms with Crippen LogP contribution in [0, 0.1) is 5.92 Å². The number of aromatic hydroxyl groups is 1. The number of hydrogen-bond acceptors (Lipinski definition) is 6. The fraction of sp³-hybridized carbons (Fsp3) is 0.588. The molecule has 0 saturated heterocycles. The minimum Gasteiger partial charge on any atom is -0.508 e. The van der Waals surface area contributed by atoms with E-state index in [0.29, 0.717) is 0 Å². The Labute approximate surface area is 167 Å². The zero-order valence-electron chi connectivity index (χ0n) is 16.0. The summed E-state index contributed by atoms with van der Waals surface area (Å²) in [5, 5.41) is 10.9. The fourth-order valence-corrected chi connectivity index (χ4v) is 3.39. The predicted octanol–water partition coefficient (Wildman–Crippen LogP) is 1.41. The summed E-state index contributed by atoms with van der Waals surface area (Å²) in [5.74, 6) is -2.16. The Kier molecular flexibility index (Phi) is 9.83. The van der Waals surface area contributed by atoms with Gasteiger partial charge in [0, 0.05) is 12.6 Å². The van der Waals surface area contributed by atoms with Crippen LogP contribution in [0.25, 0.3) is 0 Å². The molecule has 1 aromatic rings. The first kappa shape index (κ1) is 25.1. The summed E-state index contributed by atoms with van der Waals surface area (Å²) in [5.41, 5.74) is 0. The standard InChI is InChI=1S/C17H25F3N2O6S/c1-12(2)15(22-29(25,26)14-5-3-13(23)4-6-14)11-28-10-9-27-8-7-21-16(24)17(18,19)20/h3-6,12,15,22-23H,7-11H2,1-2H3,(H,21,24)/t15-/m1/s1. The van der Waals surface area contributed by atoms with Gasteiger partial charge >= 0.3 is 12.1 Å². The summed E-state index contributed by atoms with van der Waals surface area (Å²) in [7, 11) is -3.80. The Morgan fingerprint density at radius 1 is 1.10 bits per heavy atom. The van der Waals surface area contributed by atoms with Crippen LogP contribution in [0.5, 0.6) is 5.75 Å². The lowest BCUT2D eigenvalue weighted by molar-refractivity contribution is -0.173. The number of sulfonamides is 1. The lowest BCUT2D eigenvalue weighted by Gasteiger charge is -2.22. The van der Waals surface area contributed by atoms with E-state index in [9.17, 15) is 31.5 Å². The Morgan fingerprint density at radius 2 is 1.69 bits per heavy atom. The Hall–Kier alpha value is -1.89. The van der Waals surface area contributed by atoms with Crippen molar-refractivity contribution in [2.75, 3.05) is 33.0 Å². The van der Waals surface area contributed by atoms with E-state index in [2.05, 4.69) is 4.72 Å². The third-order valence-electron chi connectivity index (χ3n) is 3.72. The van der Waals surface area contributed by atoms with Crippen LogP contribution in [0.3, 0.4) is 0 Å². The molecule has 0 saturated carbocycles. The molecule has 0 aliphatic heterocycles. The van der Waals surface area contributed by atoms with Crippen LogP contribution >= 0.6 is 0 Å². The second-order valence-electron chi connectivity index (χ2n) is 6.41. The first-order valence-electron chi connectivity index (χ1n) is 8.75. The molecule has 0 radical (unpaired) electrons. The number of halogens is 3. The molecular formula is C17H25F3N2O6S. The molecule has 3 N–H and O–H groups in total. The molecule has 1 atom stereocenters. The minimum absolute atomic E-state index is 0.00480. The summed E-state index contributed by atoms with van der Waals surface area (Å²) in [6, 6.07) is 4.57. The van der Waals surface area contributed by atoms with Gasteiger partial charge in [-0.3, -0.25) is 4.79 Å². The lowest BCUT2D eigenvalue weighted by Crippen LogP contribution is -2.42. The van der Waals surface area contributed by atoms with Crippen LogP contribution in [0.15, 0.2) is 29.2 Å². The number of nitrogens with one attached hydrogen (secondary N) is 2. The Morgan fingerprint density at radius 3 is 2.24 bits per heavy atom. The highest BCUT2D eigenvalue weighted by molar-refractivity contribution is 7.89. The maximum Gasteiger partial charge on any atom is 0.471 e. The topological polar surface area (TPSA) is 114 Å². The number of carbonyl (C=O) groups is 1. The number of amides is 1. The smallest absolute Gasteiger partial charge is 0.471 e. The van der Waals surface area contributed by atoms with Gasteiger partial charge in [-0.25, -0.2) is 13.1 Å². The summed E-state index contributed by atoms with van der Waals surface area (Å²) >= 11 is 0. The van der Waals surface area contributed by atoms with Gasteiger partial charge in [0.15, 0.2) is 0 Å². The lowest BCUT2D eigenvalue weighted by atomic mass is 10.1. The molecule has 1 amide bonds. The molecule has 0 spiro atoms. The maximum absolute atomic E-state index is 12.4. The molecule has 0 aliphatic carbocycles. The summed E-state index contributed by atoms with van der Waals surface area (Å²) in [6.45, 7) is 3.43. The molecule has 0 fully saturated rings. The van der Waals surface area contributed by atoms with Crippen molar-refractivity contribution in [2.45, 2.75) is 31.0 Å². The van der Waals surface area contributed by atoms with Crippen molar-refractivity contribution in [2.24, 2.45) is 5.92 Å². The third-order valence-corrected chi connectivity index (χ3v) is 5.22. The molecule has 29 heavy (non-hydrogen) atoms. The second-order valence-corrected chi connectivity index (χ2v) is 8.12. The molecule has 12 heteroatoms. The number of benzene rings is 1. The highest BCUT2D eigenvalue weighted by Crippen LogP contribution is 2.16. The fourth-order valence-electron chi connectivity index (χ4n) is 2.02. The van der Waals surface area contributed by atoms with Crippen molar-refractivity contribution in [3.8, 4) is 5.75 Å². The molecule has 0 bridgehead atoms. The van der Waals surface area contributed by atoms with Crippen molar-refractivity contribution >= 4 is 15.9 Å². The summed E-state index contributed by atoms with van der Waals surface area (Å²) in [4.78, 5) is 10.6. The Bertz CT molecular complexity index is 739. The van der Waals surface area contributed by atoms with E-state index in [1.165, 1.54) is 24.3 Å². The van der Waals surface area contributed by atoms with Gasteiger partial charge in [-0.2, -0.15) is 13.2 Å². The maximum atomic E-state index is 12.4. The van der Waals surface area contributed by atoms with Crippen molar-refractivity contribution in [1.82, 2.24) is 10.0 Å². The van der Waals surface area contributed by atoms with Crippen LogP contribution < -0.4 is 10.0 Å². The monoisotopic (exact) mass is 442 g/mol. The quantitative estimate of drug-likeness (QED) is 0.422. The van der Waals surface area contributed by atoms with Gasteiger partial charge in [-0.05, 0) is 30.2 Å². The number of phenolic OH excluding ortho intramolecular Hbond substituents is 1. The highest BCUT2D eigenvalue weighted by Gasteiger charge is 2.38. The van der Waals surface area contributed by atoms with Crippen LogP contribution in [0.4, 0.5) is 13.2 Å². The van der Waals surface area contributed by atoms with Gasteiger partial charge in [-0.1, -0.05) is 13.8 Å². The van der Waals surface area contributed by atoms with E-state index < -0.39 is 28.1 Å². The SMILES string of the molecule is CC(C)[C@@H](COCCOCCNC(=O)C(F)(F)F)NS(=O)(=O)c1ccc(O)cc1. The average Bonchev–Trinajstić information content (AvgIpc) is 2.62. The largest absolute Gasteiger partial charge is 0.508 e. The summed E-state index contributed by atoms with van der Waals surface area (Å²) < 4.78 is 73.7. The van der Waals surface area contributed by atoms with E-state index in [1.807, 2.05) is 13.8 Å². The molecule has 8 nitrogen and oxygen atoms in total. The highest BCUT2D eigenvalue weighted by atomic mass is 32.2. The van der Waals surface area contributed by atoms with E-state index in [1.54, 1.807) is 5.32 Å². The molecule has 0 unspecified atom stereocenters. The minimum atomic E-state index is -4.93. The second kappa shape index (κ2) is 11.3. The third kappa shape index (κ3) is 9.43. The van der Waals surface area contributed by atoms with Gasteiger partial charge in [0.05, 0.1) is 31.3 Å². The van der Waals surface area contributed by atoms with Crippen LogP contribution in [-0.4, -0.2) is 64.6 Å². The molecule has 0 aromatic heterocycles. The van der Waals surface area contributed by atoms with Crippen molar-refractivity contribution in [3.05, 3.63) is 24.3 Å². The molecule has 1 aromatic carbocycles. The van der Waals surface area contributed by atoms with E-state index in [4.69, 9.17) is 9.47 Å². The average molecular weight is 442 g/mol. The van der Waals surface area contributed by atoms with Crippen LogP contribution in [0.2, 0.25) is 0 Å². The van der Waals surface area contributed by atoms with Gasteiger partial charge in [0.2, 0.25) is 10.0 Å². The Balaban J connectivity index is 2.33. The van der Waals surface area contributed by atoms with E-state index in [-0.39, 0.29) is 49.5 Å². The number of rotatable bonds is 12. The molecular weight excluding hydrogens is 417 g/mol. The zero-order chi connectivity index (χ0) is 22.1. The van der Waals surface area contributed by atoms with E-state index >= 15 is 0 Å². The van der Waals surface area contributed by atoms with Crippen molar-refractivity contribution < 1.29 is 41.0 Å². The predicted molar refractivity (Wildman–Crippen MR) is 97.8 cm³/mol. The van der Waals surface area contributed by atoms with Gasteiger partial charge in [0.1, 0.15) is 5.75 Å². The van der Waals surface area contributed by atoms with Gasteiger partial charge in [-0.15, -0.1) is 0 Å². The van der Waals surface area contributed by atoms with Gasteiger partial charge < -0.3 is 19.9 Å². The first-order chi connectivity index (χ1) is 13.4. The first-order valence-corrected chi connectivity index (χ1v) is 10.2. The number of carbonyl (C=O) groups excluding carboxylic acids is 1. The molecule has 166 valence electrons. The molecule has 0 aliphatic rings. The number of ether oxygens (including phenoxy) is 2. The number of phenols is 1. The normalized spacial score (nSPS) is 13.4. The van der Waals surface area contributed by atoms with Crippen molar-refractivity contribution in [3.63, 3.8) is 0 Å².